The molecule has 1 nitrogen and oxygen atoms in total. The highest BCUT2D eigenvalue weighted by Gasteiger charge is 2.23. The smallest absolute Gasteiger partial charge is 0.159 e. The lowest BCUT2D eigenvalue weighted by Crippen LogP contribution is -2.17. The van der Waals surface area contributed by atoms with Gasteiger partial charge in [0.2, 0.25) is 0 Å². The van der Waals surface area contributed by atoms with Gasteiger partial charge in [-0.15, -0.1) is 0 Å². The standard InChI is InChI=1S/C25H36O/c1-3-5-6-7-23-16-17-24(18-25(23)26)22-14-12-21(13-15-22)20-10-8-19(4-2)9-11-20/h12-15,18-20,23H,3-11,16-17H2,1-2H3. The second kappa shape index (κ2) is 9.53. The van der Waals surface area contributed by atoms with Crippen LogP contribution in [0.1, 0.15) is 102 Å². The van der Waals surface area contributed by atoms with E-state index in [9.17, 15) is 4.79 Å². The van der Waals surface area contributed by atoms with Gasteiger partial charge in [0.15, 0.2) is 5.78 Å². The van der Waals surface area contributed by atoms with E-state index in [1.807, 2.05) is 6.08 Å². The van der Waals surface area contributed by atoms with Crippen LogP contribution in [0, 0.1) is 11.8 Å². The molecule has 0 heterocycles. The first-order chi connectivity index (χ1) is 12.7. The van der Waals surface area contributed by atoms with Crippen molar-refractivity contribution in [2.75, 3.05) is 0 Å². The lowest BCUT2D eigenvalue weighted by Gasteiger charge is -2.28. The number of benzene rings is 1. The number of hydrogen-bond donors (Lipinski definition) is 0. The molecule has 1 aromatic rings. The van der Waals surface area contributed by atoms with Gasteiger partial charge in [0.25, 0.3) is 0 Å². The minimum Gasteiger partial charge on any atom is -0.295 e. The summed E-state index contributed by atoms with van der Waals surface area (Å²) in [5.41, 5.74) is 4.02. The normalized spacial score (nSPS) is 26.6. The molecule has 0 aliphatic heterocycles. The predicted molar refractivity (Wildman–Crippen MR) is 111 cm³/mol. The zero-order valence-electron chi connectivity index (χ0n) is 16.8. The van der Waals surface area contributed by atoms with Gasteiger partial charge in [-0.2, -0.15) is 0 Å². The Labute approximate surface area is 160 Å². The van der Waals surface area contributed by atoms with E-state index in [0.717, 1.165) is 31.1 Å². The summed E-state index contributed by atoms with van der Waals surface area (Å²) >= 11 is 0. The van der Waals surface area contributed by atoms with Crippen molar-refractivity contribution in [1.82, 2.24) is 0 Å². The maximum Gasteiger partial charge on any atom is 0.159 e. The first-order valence-corrected chi connectivity index (χ1v) is 11.1. The third-order valence-electron chi connectivity index (χ3n) is 6.81. The van der Waals surface area contributed by atoms with Crippen LogP contribution in [0.2, 0.25) is 0 Å². The summed E-state index contributed by atoms with van der Waals surface area (Å²) in [6.07, 6.45) is 15.6. The number of carbonyl (C=O) groups excluding carboxylic acids is 1. The van der Waals surface area contributed by atoms with E-state index in [2.05, 4.69) is 38.1 Å². The first-order valence-electron chi connectivity index (χ1n) is 11.1. The summed E-state index contributed by atoms with van der Waals surface area (Å²) in [5, 5.41) is 0. The molecule has 0 amide bonds. The molecular formula is C25H36O. The summed E-state index contributed by atoms with van der Waals surface area (Å²) in [6, 6.07) is 9.17. The van der Waals surface area contributed by atoms with E-state index >= 15 is 0 Å². The topological polar surface area (TPSA) is 17.1 Å². The maximum atomic E-state index is 12.5. The van der Waals surface area contributed by atoms with Crippen LogP contribution in [-0.2, 0) is 4.79 Å². The number of allylic oxidation sites excluding steroid dienone is 2. The number of carbonyl (C=O) groups is 1. The van der Waals surface area contributed by atoms with Crippen molar-refractivity contribution >= 4 is 11.4 Å². The summed E-state index contributed by atoms with van der Waals surface area (Å²) in [4.78, 5) is 12.5. The number of unbranched alkanes of at least 4 members (excludes halogenated alkanes) is 2. The Hall–Kier alpha value is -1.37. The number of hydrogen-bond acceptors (Lipinski definition) is 1. The molecule has 1 atom stereocenters. The van der Waals surface area contributed by atoms with Crippen molar-refractivity contribution in [3.63, 3.8) is 0 Å². The number of ketones is 1. The van der Waals surface area contributed by atoms with E-state index in [-0.39, 0.29) is 5.92 Å². The van der Waals surface area contributed by atoms with E-state index in [4.69, 9.17) is 0 Å². The Morgan fingerprint density at radius 3 is 2.27 bits per heavy atom. The average molecular weight is 353 g/mol. The summed E-state index contributed by atoms with van der Waals surface area (Å²) < 4.78 is 0. The van der Waals surface area contributed by atoms with E-state index in [0.29, 0.717) is 5.78 Å². The third kappa shape index (κ3) is 4.87. The van der Waals surface area contributed by atoms with Gasteiger partial charge < -0.3 is 0 Å². The summed E-state index contributed by atoms with van der Waals surface area (Å²) in [7, 11) is 0. The largest absolute Gasteiger partial charge is 0.295 e. The van der Waals surface area contributed by atoms with Gasteiger partial charge in [-0.3, -0.25) is 4.79 Å². The van der Waals surface area contributed by atoms with Crippen LogP contribution < -0.4 is 0 Å². The highest BCUT2D eigenvalue weighted by Crippen LogP contribution is 2.38. The molecule has 0 spiro atoms. The highest BCUT2D eigenvalue weighted by atomic mass is 16.1. The molecule has 2 aliphatic rings. The van der Waals surface area contributed by atoms with Crippen LogP contribution in [0.25, 0.3) is 5.57 Å². The molecule has 26 heavy (non-hydrogen) atoms. The van der Waals surface area contributed by atoms with Gasteiger partial charge in [0, 0.05) is 5.92 Å². The molecule has 0 aromatic heterocycles. The molecule has 2 aliphatic carbocycles. The Bertz CT molecular complexity index is 602. The van der Waals surface area contributed by atoms with Gasteiger partial charge in [-0.25, -0.2) is 0 Å². The molecule has 142 valence electrons. The Kier molecular flexibility index (Phi) is 7.11. The molecule has 1 heteroatoms. The fraction of sp³-hybridized carbons (Fsp3) is 0.640. The zero-order valence-corrected chi connectivity index (χ0v) is 16.8. The van der Waals surface area contributed by atoms with Crippen LogP contribution in [0.3, 0.4) is 0 Å². The van der Waals surface area contributed by atoms with Crippen molar-refractivity contribution in [1.29, 1.82) is 0 Å². The quantitative estimate of drug-likeness (QED) is 0.470. The molecule has 1 saturated carbocycles. The molecule has 1 fully saturated rings. The molecule has 0 saturated heterocycles. The Morgan fingerprint density at radius 1 is 0.923 bits per heavy atom. The molecule has 0 radical (unpaired) electrons. The van der Waals surface area contributed by atoms with Gasteiger partial charge in [-0.1, -0.05) is 63.8 Å². The molecule has 3 rings (SSSR count). The van der Waals surface area contributed by atoms with Crippen LogP contribution >= 0.6 is 0 Å². The Balaban J connectivity index is 1.59. The van der Waals surface area contributed by atoms with Gasteiger partial charge in [-0.05, 0) is 79.6 Å². The van der Waals surface area contributed by atoms with E-state index in [1.165, 1.54) is 68.1 Å². The monoisotopic (exact) mass is 352 g/mol. The number of rotatable bonds is 7. The second-order valence-corrected chi connectivity index (χ2v) is 8.55. The predicted octanol–water partition coefficient (Wildman–Crippen LogP) is 7.31. The summed E-state index contributed by atoms with van der Waals surface area (Å²) in [6.45, 7) is 4.55. The van der Waals surface area contributed by atoms with Crippen LogP contribution in [0.4, 0.5) is 0 Å². The third-order valence-corrected chi connectivity index (χ3v) is 6.81. The SMILES string of the molecule is CCCCCC1CCC(c2ccc(C3CCC(CC)CC3)cc2)=CC1=O. The summed E-state index contributed by atoms with van der Waals surface area (Å²) in [5.74, 6) is 2.34. The molecule has 1 unspecified atom stereocenters. The lowest BCUT2D eigenvalue weighted by molar-refractivity contribution is -0.118. The highest BCUT2D eigenvalue weighted by molar-refractivity contribution is 5.99. The maximum absolute atomic E-state index is 12.5. The van der Waals surface area contributed by atoms with Crippen LogP contribution in [0.5, 0.6) is 0 Å². The minimum absolute atomic E-state index is 0.276. The van der Waals surface area contributed by atoms with Crippen LogP contribution in [-0.4, -0.2) is 5.78 Å². The van der Waals surface area contributed by atoms with Crippen molar-refractivity contribution in [2.45, 2.75) is 90.4 Å². The van der Waals surface area contributed by atoms with Crippen LogP contribution in [0.15, 0.2) is 30.3 Å². The first kappa shape index (κ1) is 19.4. The van der Waals surface area contributed by atoms with Gasteiger partial charge in [0.1, 0.15) is 0 Å². The molecule has 0 bridgehead atoms. The second-order valence-electron chi connectivity index (χ2n) is 8.55. The Morgan fingerprint density at radius 2 is 1.65 bits per heavy atom. The average Bonchev–Trinajstić information content (AvgIpc) is 2.69. The lowest BCUT2D eigenvalue weighted by atomic mass is 9.77. The van der Waals surface area contributed by atoms with E-state index in [1.54, 1.807) is 0 Å². The molecular weight excluding hydrogens is 316 g/mol. The van der Waals surface area contributed by atoms with Crippen molar-refractivity contribution < 1.29 is 4.79 Å². The molecule has 0 N–H and O–H groups in total. The fourth-order valence-corrected chi connectivity index (χ4v) is 4.86. The zero-order chi connectivity index (χ0) is 18.4. The van der Waals surface area contributed by atoms with Crippen molar-refractivity contribution in [3.8, 4) is 0 Å². The fourth-order valence-electron chi connectivity index (χ4n) is 4.86. The molecule has 1 aromatic carbocycles. The van der Waals surface area contributed by atoms with E-state index < -0.39 is 0 Å². The van der Waals surface area contributed by atoms with Crippen molar-refractivity contribution in [3.05, 3.63) is 41.5 Å². The van der Waals surface area contributed by atoms with Crippen molar-refractivity contribution in [2.24, 2.45) is 11.8 Å². The van der Waals surface area contributed by atoms with Gasteiger partial charge >= 0.3 is 0 Å². The van der Waals surface area contributed by atoms with Gasteiger partial charge in [0.05, 0.1) is 0 Å². The minimum atomic E-state index is 0.276.